The van der Waals surface area contributed by atoms with Gasteiger partial charge in [0.15, 0.2) is 23.4 Å². The first-order valence-corrected chi connectivity index (χ1v) is 6.67. The topological polar surface area (TPSA) is 64.6 Å². The predicted molar refractivity (Wildman–Crippen MR) is 74.3 cm³/mol. The van der Waals surface area contributed by atoms with E-state index in [1.54, 1.807) is 25.1 Å². The molecule has 0 radical (unpaired) electrons. The maximum Gasteiger partial charge on any atom is 0.260 e. The Bertz CT molecular complexity index is 523. The molecule has 0 spiro atoms. The molecule has 0 bridgehead atoms. The summed E-state index contributed by atoms with van der Waals surface area (Å²) >= 11 is 0. The SMILES string of the molecule is COc1cc(C(C)=O)ccc1O[C@H](C)C(=O)NC1CC1. The van der Waals surface area contributed by atoms with E-state index in [2.05, 4.69) is 5.32 Å². The zero-order valence-electron chi connectivity index (χ0n) is 11.9. The number of carbonyl (C=O) groups is 2. The lowest BCUT2D eigenvalue weighted by atomic mass is 10.1. The van der Waals surface area contributed by atoms with E-state index < -0.39 is 6.10 Å². The molecule has 1 aromatic carbocycles. The first-order chi connectivity index (χ1) is 9.51. The van der Waals surface area contributed by atoms with Gasteiger partial charge >= 0.3 is 0 Å². The molecule has 1 aliphatic rings. The fourth-order valence-electron chi connectivity index (χ4n) is 1.77. The third-order valence-electron chi connectivity index (χ3n) is 3.17. The minimum atomic E-state index is -0.604. The number of ether oxygens (including phenoxy) is 2. The summed E-state index contributed by atoms with van der Waals surface area (Å²) in [4.78, 5) is 23.2. The van der Waals surface area contributed by atoms with Crippen LogP contribution in [0.15, 0.2) is 18.2 Å². The molecule has 0 saturated heterocycles. The molecule has 1 aliphatic carbocycles. The van der Waals surface area contributed by atoms with E-state index in [1.165, 1.54) is 14.0 Å². The smallest absolute Gasteiger partial charge is 0.260 e. The largest absolute Gasteiger partial charge is 0.493 e. The third-order valence-corrected chi connectivity index (χ3v) is 3.17. The second-order valence-electron chi connectivity index (χ2n) is 4.96. The summed E-state index contributed by atoms with van der Waals surface area (Å²) in [5.74, 6) is 0.722. The normalized spacial score (nSPS) is 15.3. The number of hydrogen-bond acceptors (Lipinski definition) is 4. The second-order valence-corrected chi connectivity index (χ2v) is 4.96. The summed E-state index contributed by atoms with van der Waals surface area (Å²) in [6.07, 6.45) is 1.47. The lowest BCUT2D eigenvalue weighted by molar-refractivity contribution is -0.127. The Morgan fingerprint density at radius 2 is 2.00 bits per heavy atom. The first kappa shape index (κ1) is 14.4. The average Bonchev–Trinajstić information content (AvgIpc) is 3.22. The molecule has 1 fully saturated rings. The highest BCUT2D eigenvalue weighted by atomic mass is 16.5. The van der Waals surface area contributed by atoms with Crippen LogP contribution in [0.3, 0.4) is 0 Å². The molecule has 1 amide bonds. The average molecular weight is 277 g/mol. The van der Waals surface area contributed by atoms with Gasteiger partial charge in [-0.15, -0.1) is 0 Å². The van der Waals surface area contributed by atoms with Crippen molar-refractivity contribution in [2.24, 2.45) is 0 Å². The van der Waals surface area contributed by atoms with Crippen molar-refractivity contribution in [3.8, 4) is 11.5 Å². The van der Waals surface area contributed by atoms with Gasteiger partial charge in [-0.2, -0.15) is 0 Å². The number of ketones is 1. The Morgan fingerprint density at radius 3 is 2.55 bits per heavy atom. The Balaban J connectivity index is 2.07. The van der Waals surface area contributed by atoms with Crippen LogP contribution in [0.5, 0.6) is 11.5 Å². The highest BCUT2D eigenvalue weighted by Crippen LogP contribution is 2.29. The molecule has 5 nitrogen and oxygen atoms in total. The maximum absolute atomic E-state index is 11.8. The number of rotatable bonds is 6. The maximum atomic E-state index is 11.8. The van der Waals surface area contributed by atoms with Crippen LogP contribution in [0.1, 0.15) is 37.0 Å². The molecule has 1 N–H and O–H groups in total. The van der Waals surface area contributed by atoms with Gasteiger partial charge in [0.1, 0.15) is 0 Å². The highest BCUT2D eigenvalue weighted by Gasteiger charge is 2.26. The Kier molecular flexibility index (Phi) is 4.27. The van der Waals surface area contributed by atoms with Crippen LogP contribution >= 0.6 is 0 Å². The van der Waals surface area contributed by atoms with Crippen LogP contribution in [0, 0.1) is 0 Å². The molecule has 0 unspecified atom stereocenters. The third kappa shape index (κ3) is 3.50. The Hall–Kier alpha value is -2.04. The van der Waals surface area contributed by atoms with Gasteiger partial charge in [-0.05, 0) is 44.9 Å². The zero-order valence-corrected chi connectivity index (χ0v) is 11.9. The van der Waals surface area contributed by atoms with Crippen LogP contribution < -0.4 is 14.8 Å². The van der Waals surface area contributed by atoms with Crippen LogP contribution in [0.25, 0.3) is 0 Å². The van der Waals surface area contributed by atoms with Gasteiger partial charge < -0.3 is 14.8 Å². The van der Waals surface area contributed by atoms with Gasteiger partial charge in [0.25, 0.3) is 5.91 Å². The van der Waals surface area contributed by atoms with E-state index in [1.807, 2.05) is 0 Å². The minimum Gasteiger partial charge on any atom is -0.493 e. The number of carbonyl (C=O) groups excluding carboxylic acids is 2. The van der Waals surface area contributed by atoms with Crippen LogP contribution in [0.4, 0.5) is 0 Å². The number of amides is 1. The van der Waals surface area contributed by atoms with Gasteiger partial charge in [0, 0.05) is 11.6 Å². The molecular formula is C15H19NO4. The van der Waals surface area contributed by atoms with Crippen molar-refractivity contribution in [2.75, 3.05) is 7.11 Å². The van der Waals surface area contributed by atoms with Crippen LogP contribution in [-0.4, -0.2) is 30.9 Å². The number of benzene rings is 1. The van der Waals surface area contributed by atoms with Crippen molar-refractivity contribution in [1.82, 2.24) is 5.32 Å². The van der Waals surface area contributed by atoms with E-state index in [0.717, 1.165) is 12.8 Å². The zero-order chi connectivity index (χ0) is 14.7. The molecule has 1 atom stereocenters. The Morgan fingerprint density at radius 1 is 1.30 bits per heavy atom. The summed E-state index contributed by atoms with van der Waals surface area (Å²) in [5.41, 5.74) is 0.546. The van der Waals surface area contributed by atoms with Crippen molar-refractivity contribution in [3.63, 3.8) is 0 Å². The molecule has 1 saturated carbocycles. The number of methoxy groups -OCH3 is 1. The van der Waals surface area contributed by atoms with Gasteiger partial charge in [0.05, 0.1) is 7.11 Å². The van der Waals surface area contributed by atoms with Crippen molar-refractivity contribution in [3.05, 3.63) is 23.8 Å². The van der Waals surface area contributed by atoms with Gasteiger partial charge in [-0.3, -0.25) is 9.59 Å². The number of nitrogens with one attached hydrogen (secondary N) is 1. The molecular weight excluding hydrogens is 258 g/mol. The lowest BCUT2D eigenvalue weighted by Gasteiger charge is -2.17. The van der Waals surface area contributed by atoms with Crippen molar-refractivity contribution in [2.45, 2.75) is 38.8 Å². The van der Waals surface area contributed by atoms with Crippen LogP contribution in [-0.2, 0) is 4.79 Å². The number of Topliss-reactive ketones (excluding diaryl/α,β-unsaturated/α-hetero) is 1. The van der Waals surface area contributed by atoms with E-state index in [4.69, 9.17) is 9.47 Å². The van der Waals surface area contributed by atoms with E-state index in [-0.39, 0.29) is 11.7 Å². The molecule has 0 aromatic heterocycles. The molecule has 20 heavy (non-hydrogen) atoms. The fourth-order valence-corrected chi connectivity index (χ4v) is 1.77. The van der Waals surface area contributed by atoms with Gasteiger partial charge in [-0.25, -0.2) is 0 Å². The van der Waals surface area contributed by atoms with Crippen molar-refractivity contribution < 1.29 is 19.1 Å². The summed E-state index contributed by atoms with van der Waals surface area (Å²) in [7, 11) is 1.50. The standard InChI is InChI=1S/C15H19NO4/c1-9(17)11-4-7-13(14(8-11)19-3)20-10(2)15(18)16-12-5-6-12/h4,7-8,10,12H,5-6H2,1-3H3,(H,16,18)/t10-/m1/s1. The predicted octanol–water partition coefficient (Wildman–Crippen LogP) is 1.94. The Labute approximate surface area is 118 Å². The first-order valence-electron chi connectivity index (χ1n) is 6.67. The minimum absolute atomic E-state index is 0.0469. The molecule has 108 valence electrons. The summed E-state index contributed by atoms with van der Waals surface area (Å²) < 4.78 is 10.8. The summed E-state index contributed by atoms with van der Waals surface area (Å²) in [5, 5.41) is 2.88. The van der Waals surface area contributed by atoms with Crippen molar-refractivity contribution in [1.29, 1.82) is 0 Å². The highest BCUT2D eigenvalue weighted by molar-refractivity contribution is 5.94. The molecule has 1 aromatic rings. The van der Waals surface area contributed by atoms with Gasteiger partial charge in [-0.1, -0.05) is 0 Å². The molecule has 2 rings (SSSR count). The fraction of sp³-hybridized carbons (Fsp3) is 0.467. The molecule has 0 aliphatic heterocycles. The lowest BCUT2D eigenvalue weighted by Crippen LogP contribution is -2.37. The van der Waals surface area contributed by atoms with E-state index >= 15 is 0 Å². The van der Waals surface area contributed by atoms with Gasteiger partial charge in [0.2, 0.25) is 0 Å². The van der Waals surface area contributed by atoms with Crippen molar-refractivity contribution >= 4 is 11.7 Å². The van der Waals surface area contributed by atoms with E-state index in [9.17, 15) is 9.59 Å². The quantitative estimate of drug-likeness (QED) is 0.807. The summed E-state index contributed by atoms with van der Waals surface area (Å²) in [6.45, 7) is 3.18. The number of hydrogen-bond donors (Lipinski definition) is 1. The van der Waals surface area contributed by atoms with E-state index in [0.29, 0.717) is 23.1 Å². The van der Waals surface area contributed by atoms with Crippen LogP contribution in [0.2, 0.25) is 0 Å². The summed E-state index contributed by atoms with van der Waals surface area (Å²) in [6, 6.07) is 5.22. The molecule has 0 heterocycles. The monoisotopic (exact) mass is 277 g/mol. The second kappa shape index (κ2) is 5.94. The molecule has 5 heteroatoms.